The van der Waals surface area contributed by atoms with Crippen LogP contribution in [0.2, 0.25) is 0 Å². The van der Waals surface area contributed by atoms with E-state index in [1.165, 1.54) is 39.7 Å². The van der Waals surface area contributed by atoms with E-state index in [-0.39, 0.29) is 19.0 Å². The van der Waals surface area contributed by atoms with Crippen LogP contribution in [0.1, 0.15) is 99.4 Å². The lowest BCUT2D eigenvalue weighted by Crippen LogP contribution is -2.63. The number of halogens is 3. The Morgan fingerprint density at radius 3 is 1.95 bits per heavy atom. The molecule has 1 unspecified atom stereocenters. The van der Waals surface area contributed by atoms with Crippen molar-refractivity contribution in [2.45, 2.75) is 137 Å². The monoisotopic (exact) mass is 939 g/mol. The van der Waals surface area contributed by atoms with Gasteiger partial charge in [0.1, 0.15) is 35.2 Å². The van der Waals surface area contributed by atoms with E-state index in [1.54, 1.807) is 101 Å². The van der Waals surface area contributed by atoms with E-state index in [1.807, 2.05) is 6.92 Å². The Labute approximate surface area is 379 Å². The topological polar surface area (TPSA) is 202 Å². The van der Waals surface area contributed by atoms with Gasteiger partial charge in [0.05, 0.1) is 39.1 Å². The maximum absolute atomic E-state index is 15.7. The minimum absolute atomic E-state index is 0.0804. The Balaban J connectivity index is 2.08. The molecule has 362 valence electrons. The van der Waals surface area contributed by atoms with E-state index in [0.717, 1.165) is 10.9 Å². The second-order valence-electron chi connectivity index (χ2n) is 17.2. The Hall–Kier alpha value is -5.20. The van der Waals surface area contributed by atoms with Crippen molar-refractivity contribution in [3.05, 3.63) is 77.6 Å². The van der Waals surface area contributed by atoms with Gasteiger partial charge in [-0.2, -0.15) is 13.2 Å². The number of alkyl carbamates (subject to hydrolysis) is 2. The number of alkyl halides is 3. The highest BCUT2D eigenvalue weighted by Crippen LogP contribution is 2.68. The number of nitrogens with zero attached hydrogens (tertiary/aromatic N) is 4. The second kappa shape index (κ2) is 22.8. The van der Waals surface area contributed by atoms with Crippen LogP contribution in [-0.2, 0) is 57.7 Å². The molecule has 0 aliphatic rings. The van der Waals surface area contributed by atoms with Crippen LogP contribution in [0.4, 0.5) is 22.8 Å². The zero-order valence-electron chi connectivity index (χ0n) is 39.3. The van der Waals surface area contributed by atoms with Gasteiger partial charge >= 0.3 is 26.0 Å². The van der Waals surface area contributed by atoms with Gasteiger partial charge in [-0.3, -0.25) is 24.2 Å². The third-order valence-corrected chi connectivity index (χ3v) is 13.1. The number of methoxy groups -OCH3 is 1. The predicted octanol–water partition coefficient (Wildman–Crippen LogP) is 8.08. The number of carbonyl (C=O) groups excluding carboxylic acids is 4. The number of hydrogen-bond acceptors (Lipinski definition) is 12. The van der Waals surface area contributed by atoms with E-state index < -0.39 is 97.7 Å². The van der Waals surface area contributed by atoms with Gasteiger partial charge in [-0.05, 0) is 83.6 Å². The molecule has 3 N–H and O–H groups in total. The fourth-order valence-electron chi connectivity index (χ4n) is 6.58. The molecule has 0 aliphatic heterocycles. The fraction of sp³-hybridized carbons (Fsp3) is 0.591. The Kier molecular flexibility index (Phi) is 19.0. The van der Waals surface area contributed by atoms with Crippen LogP contribution >= 0.6 is 7.60 Å². The van der Waals surface area contributed by atoms with E-state index in [2.05, 4.69) is 20.9 Å². The highest BCUT2D eigenvalue weighted by atomic mass is 31.2. The second-order valence-corrected chi connectivity index (χ2v) is 19.4. The van der Waals surface area contributed by atoms with Gasteiger partial charge in [0.15, 0.2) is 0 Å². The summed E-state index contributed by atoms with van der Waals surface area (Å²) in [7, 11) is -3.92. The van der Waals surface area contributed by atoms with Crippen molar-refractivity contribution in [3.8, 4) is 5.75 Å². The fourth-order valence-corrected chi connectivity index (χ4v) is 8.64. The lowest BCUT2D eigenvalue weighted by molar-refractivity contribution is -0.179. The molecule has 0 aliphatic carbocycles. The van der Waals surface area contributed by atoms with E-state index in [0.29, 0.717) is 23.3 Å². The first-order valence-electron chi connectivity index (χ1n) is 21.4. The predicted molar refractivity (Wildman–Crippen MR) is 235 cm³/mol. The number of carbonyl (C=O) groups is 4. The summed E-state index contributed by atoms with van der Waals surface area (Å²) < 4.78 is 88.7. The standard InChI is InChI=1S/C44H65F3N7O10P/c1-13-30(6)34(48-38(56)42(10,11)54(25-31-21-23-33(60-12)24-22-31)37(55)36(29(4)5)49-39(57)64-41(7,8)9)26-53-27-35(51-52-53)43(44(45,46)47,65(59,62-14-2)63-15-3)50-40(58)61-28-32-19-17-16-18-20-32/h16-24,27,29-30,34,36H,13-15,25-26,28H2,1-12H3,(H,48,56)(H,49,57)(H,50,58)/t30-,34+,36-,43?/m0/s1. The van der Waals surface area contributed by atoms with Crippen LogP contribution in [0.25, 0.3) is 0 Å². The summed E-state index contributed by atoms with van der Waals surface area (Å²) in [5.41, 5.74) is -2.42. The Bertz CT molecular complexity index is 2070. The minimum atomic E-state index is -5.57. The first-order chi connectivity index (χ1) is 30.3. The van der Waals surface area contributed by atoms with Crippen LogP contribution in [0.15, 0.2) is 60.8 Å². The van der Waals surface area contributed by atoms with Gasteiger partial charge < -0.3 is 38.8 Å². The molecule has 3 rings (SSSR count). The van der Waals surface area contributed by atoms with Gasteiger partial charge in [-0.1, -0.05) is 81.8 Å². The van der Waals surface area contributed by atoms with E-state index in [9.17, 15) is 23.7 Å². The number of amides is 4. The molecule has 0 saturated carbocycles. The van der Waals surface area contributed by atoms with Crippen LogP contribution in [0.3, 0.4) is 0 Å². The summed E-state index contributed by atoms with van der Waals surface area (Å²) in [5.74, 6) is -1.47. The molecule has 65 heavy (non-hydrogen) atoms. The van der Waals surface area contributed by atoms with E-state index in [4.69, 9.17) is 23.3 Å². The van der Waals surface area contributed by atoms with Crippen molar-refractivity contribution in [2.75, 3.05) is 20.3 Å². The van der Waals surface area contributed by atoms with Gasteiger partial charge in [-0.25, -0.2) is 9.59 Å². The normalized spacial score (nSPS) is 14.6. The van der Waals surface area contributed by atoms with Crippen molar-refractivity contribution >= 4 is 31.6 Å². The molecule has 0 bridgehead atoms. The summed E-state index contributed by atoms with van der Waals surface area (Å²) in [6.45, 7) is 16.1. The lowest BCUT2D eigenvalue weighted by Gasteiger charge is -2.41. The van der Waals surface area contributed by atoms with Crippen molar-refractivity contribution in [3.63, 3.8) is 0 Å². The highest BCUT2D eigenvalue weighted by Gasteiger charge is 2.72. The van der Waals surface area contributed by atoms with Crippen molar-refractivity contribution in [2.24, 2.45) is 11.8 Å². The third-order valence-electron chi connectivity index (χ3n) is 10.5. The average molecular weight is 940 g/mol. The summed E-state index contributed by atoms with van der Waals surface area (Å²) in [6, 6.07) is 13.1. The molecule has 1 heterocycles. The van der Waals surface area contributed by atoms with Crippen LogP contribution in [0, 0.1) is 11.8 Å². The highest BCUT2D eigenvalue weighted by molar-refractivity contribution is 7.55. The number of hydrogen-bond donors (Lipinski definition) is 3. The third kappa shape index (κ3) is 13.9. The Morgan fingerprint density at radius 1 is 0.846 bits per heavy atom. The molecule has 21 heteroatoms. The number of rotatable bonds is 22. The molecule has 1 aromatic heterocycles. The molecule has 3 aromatic rings. The molecule has 4 amide bonds. The zero-order chi connectivity index (χ0) is 49.0. The maximum atomic E-state index is 15.7. The van der Waals surface area contributed by atoms with Crippen molar-refractivity contribution in [1.29, 1.82) is 0 Å². The summed E-state index contributed by atoms with van der Waals surface area (Å²) >= 11 is 0. The summed E-state index contributed by atoms with van der Waals surface area (Å²) in [5, 5.41) is 11.2. The number of aromatic nitrogens is 3. The quantitative estimate of drug-likeness (QED) is 0.0819. The smallest absolute Gasteiger partial charge is 0.429 e. The van der Waals surface area contributed by atoms with E-state index >= 15 is 13.2 Å². The molecular formula is C44H65F3N7O10P. The molecule has 0 fully saturated rings. The number of ether oxygens (including phenoxy) is 3. The molecular weight excluding hydrogens is 874 g/mol. The zero-order valence-corrected chi connectivity index (χ0v) is 40.2. The lowest BCUT2D eigenvalue weighted by atomic mass is 9.93. The van der Waals surface area contributed by atoms with Gasteiger partial charge in [0, 0.05) is 6.54 Å². The van der Waals surface area contributed by atoms with Crippen LogP contribution < -0.4 is 20.7 Å². The number of nitrogens with one attached hydrogen (secondary N) is 3. The van der Waals surface area contributed by atoms with Crippen molar-refractivity contribution in [1.82, 2.24) is 35.8 Å². The van der Waals surface area contributed by atoms with Crippen LogP contribution in [-0.4, -0.2) is 93.6 Å². The average Bonchev–Trinajstić information content (AvgIpc) is 3.70. The summed E-state index contributed by atoms with van der Waals surface area (Å²) in [6.07, 6.45) is -6.67. The first kappa shape index (κ1) is 54.1. The largest absolute Gasteiger partial charge is 0.497 e. The minimum Gasteiger partial charge on any atom is -0.497 e. The first-order valence-corrected chi connectivity index (χ1v) is 22.9. The molecule has 0 saturated heterocycles. The summed E-state index contributed by atoms with van der Waals surface area (Å²) in [4.78, 5) is 56.8. The van der Waals surface area contributed by atoms with Gasteiger partial charge in [0.2, 0.25) is 11.8 Å². The van der Waals surface area contributed by atoms with Gasteiger partial charge in [-0.15, -0.1) is 5.10 Å². The SMILES string of the molecule is CCOP(=O)(OCC)C(NC(=O)OCc1ccccc1)(c1cn(C[C@@H](NC(=O)C(C)(C)N(Cc2ccc(OC)cc2)C(=O)[C@@H](NC(=O)OC(C)(C)C)C(C)C)[C@@H](C)CC)nn1)C(F)(F)F. The molecule has 17 nitrogen and oxygen atoms in total. The molecule has 4 atom stereocenters. The number of benzene rings is 2. The van der Waals surface area contributed by atoms with Crippen LogP contribution in [0.5, 0.6) is 5.75 Å². The Morgan fingerprint density at radius 2 is 1.45 bits per heavy atom. The van der Waals surface area contributed by atoms with Gasteiger partial charge in [0.25, 0.3) is 5.28 Å². The molecule has 0 radical (unpaired) electrons. The maximum Gasteiger partial charge on any atom is 0.429 e. The van der Waals surface area contributed by atoms with Crippen molar-refractivity contribution < 1.29 is 60.2 Å². The molecule has 2 aromatic carbocycles. The molecule has 0 spiro atoms.